The van der Waals surface area contributed by atoms with E-state index in [0.717, 1.165) is 12.8 Å². The minimum absolute atomic E-state index is 0.451. The average Bonchev–Trinajstić information content (AvgIpc) is 2.43. The zero-order valence-corrected chi connectivity index (χ0v) is 12.1. The normalized spacial score (nSPS) is 20.2. The molecule has 1 saturated heterocycles. The Morgan fingerprint density at radius 1 is 1.26 bits per heavy atom. The maximum Gasteiger partial charge on any atom is 0.0983 e. The second-order valence-corrected chi connectivity index (χ2v) is 5.47. The fourth-order valence-corrected chi connectivity index (χ4v) is 2.94. The molecule has 1 aliphatic rings. The molecule has 1 fully saturated rings. The third-order valence-corrected chi connectivity index (χ3v) is 4.39. The fourth-order valence-electron chi connectivity index (χ4n) is 2.94. The van der Waals surface area contributed by atoms with Gasteiger partial charge in [-0.1, -0.05) is 18.2 Å². The Labute approximate surface area is 115 Å². The molecular weight excluding hydrogens is 240 g/mol. The second kappa shape index (κ2) is 6.04. The smallest absolute Gasteiger partial charge is 0.0983 e. The van der Waals surface area contributed by atoms with E-state index in [4.69, 9.17) is 9.47 Å². The SMILES string of the molecule is COC1(C(O)Cc2c(C)cccc2C)CCOCC1. The van der Waals surface area contributed by atoms with Gasteiger partial charge in [-0.05, 0) is 30.5 Å². The van der Waals surface area contributed by atoms with Crippen molar-refractivity contribution in [2.45, 2.75) is 44.8 Å². The largest absolute Gasteiger partial charge is 0.390 e. The van der Waals surface area contributed by atoms with E-state index < -0.39 is 11.7 Å². The summed E-state index contributed by atoms with van der Waals surface area (Å²) < 4.78 is 11.0. The maximum atomic E-state index is 10.6. The van der Waals surface area contributed by atoms with Crippen LogP contribution in [0.15, 0.2) is 18.2 Å². The van der Waals surface area contributed by atoms with Crippen molar-refractivity contribution in [1.29, 1.82) is 0 Å². The van der Waals surface area contributed by atoms with Crippen LogP contribution in [0.1, 0.15) is 29.5 Å². The number of benzene rings is 1. The summed E-state index contributed by atoms with van der Waals surface area (Å²) in [7, 11) is 1.69. The number of aryl methyl sites for hydroxylation is 2. The van der Waals surface area contributed by atoms with Gasteiger partial charge in [-0.25, -0.2) is 0 Å². The lowest BCUT2D eigenvalue weighted by Crippen LogP contribution is -2.49. The van der Waals surface area contributed by atoms with Crippen LogP contribution in [-0.4, -0.2) is 37.1 Å². The Bertz CT molecular complexity index is 402. The molecule has 0 radical (unpaired) electrons. The molecule has 0 saturated carbocycles. The van der Waals surface area contributed by atoms with Crippen molar-refractivity contribution in [2.24, 2.45) is 0 Å². The number of ether oxygens (including phenoxy) is 2. The molecule has 1 aliphatic heterocycles. The highest BCUT2D eigenvalue weighted by atomic mass is 16.5. The minimum atomic E-state index is -0.485. The first kappa shape index (κ1) is 14.5. The van der Waals surface area contributed by atoms with Crippen LogP contribution in [0.4, 0.5) is 0 Å². The Hall–Kier alpha value is -0.900. The van der Waals surface area contributed by atoms with Gasteiger partial charge >= 0.3 is 0 Å². The highest BCUT2D eigenvalue weighted by Gasteiger charge is 2.39. The highest BCUT2D eigenvalue weighted by Crippen LogP contribution is 2.31. The summed E-state index contributed by atoms with van der Waals surface area (Å²) in [4.78, 5) is 0. The van der Waals surface area contributed by atoms with Crippen LogP contribution >= 0.6 is 0 Å². The molecule has 0 bridgehead atoms. The summed E-state index contributed by atoms with van der Waals surface area (Å²) in [6.07, 6.45) is 1.68. The summed E-state index contributed by atoms with van der Waals surface area (Å²) in [6.45, 7) is 5.52. The molecule has 1 unspecified atom stereocenters. The second-order valence-electron chi connectivity index (χ2n) is 5.47. The monoisotopic (exact) mass is 264 g/mol. The third-order valence-electron chi connectivity index (χ3n) is 4.39. The molecule has 0 spiro atoms. The van der Waals surface area contributed by atoms with E-state index in [0.29, 0.717) is 19.6 Å². The molecule has 3 nitrogen and oxygen atoms in total. The van der Waals surface area contributed by atoms with E-state index in [1.807, 2.05) is 0 Å². The van der Waals surface area contributed by atoms with Gasteiger partial charge in [0.05, 0.1) is 11.7 Å². The summed E-state index contributed by atoms with van der Waals surface area (Å²) in [6, 6.07) is 6.25. The Morgan fingerprint density at radius 3 is 2.37 bits per heavy atom. The van der Waals surface area contributed by atoms with Crippen molar-refractivity contribution >= 4 is 0 Å². The van der Waals surface area contributed by atoms with Gasteiger partial charge in [0.1, 0.15) is 0 Å². The van der Waals surface area contributed by atoms with Crippen LogP contribution in [0.25, 0.3) is 0 Å². The van der Waals surface area contributed by atoms with Crippen molar-refractivity contribution < 1.29 is 14.6 Å². The van der Waals surface area contributed by atoms with Crippen LogP contribution in [0.5, 0.6) is 0 Å². The lowest BCUT2D eigenvalue weighted by Gasteiger charge is -2.40. The van der Waals surface area contributed by atoms with Gasteiger partial charge in [0.25, 0.3) is 0 Å². The Balaban J connectivity index is 2.17. The standard InChI is InChI=1S/C16H24O3/c1-12-5-4-6-13(2)14(12)11-15(17)16(18-3)7-9-19-10-8-16/h4-6,15,17H,7-11H2,1-3H3. The number of methoxy groups -OCH3 is 1. The Morgan fingerprint density at radius 2 is 1.84 bits per heavy atom. The van der Waals surface area contributed by atoms with Crippen LogP contribution in [0.3, 0.4) is 0 Å². The third kappa shape index (κ3) is 2.99. The minimum Gasteiger partial charge on any atom is -0.390 e. The predicted molar refractivity (Wildman–Crippen MR) is 75.4 cm³/mol. The molecule has 0 aromatic heterocycles. The van der Waals surface area contributed by atoms with Crippen LogP contribution in [-0.2, 0) is 15.9 Å². The first-order chi connectivity index (χ1) is 9.09. The van der Waals surface area contributed by atoms with Gasteiger partial charge in [0.2, 0.25) is 0 Å². The molecule has 1 heterocycles. The highest BCUT2D eigenvalue weighted by molar-refractivity contribution is 5.34. The van der Waals surface area contributed by atoms with Crippen molar-refractivity contribution in [3.8, 4) is 0 Å². The molecule has 2 rings (SSSR count). The Kier molecular flexibility index (Phi) is 4.61. The molecule has 0 amide bonds. The van der Waals surface area contributed by atoms with Gasteiger partial charge in [0, 0.05) is 39.6 Å². The number of hydrogen-bond donors (Lipinski definition) is 1. The van der Waals surface area contributed by atoms with E-state index in [-0.39, 0.29) is 0 Å². The van der Waals surface area contributed by atoms with E-state index in [9.17, 15) is 5.11 Å². The molecule has 1 atom stereocenters. The zero-order chi connectivity index (χ0) is 13.9. The van der Waals surface area contributed by atoms with Crippen LogP contribution in [0.2, 0.25) is 0 Å². The molecule has 0 aliphatic carbocycles. The van der Waals surface area contributed by atoms with Crippen LogP contribution < -0.4 is 0 Å². The summed E-state index contributed by atoms with van der Waals surface area (Å²) in [5.74, 6) is 0. The lowest BCUT2D eigenvalue weighted by molar-refractivity contribution is -0.151. The van der Waals surface area contributed by atoms with E-state index >= 15 is 0 Å². The molecule has 1 N–H and O–H groups in total. The van der Waals surface area contributed by atoms with Crippen molar-refractivity contribution in [3.63, 3.8) is 0 Å². The number of aliphatic hydroxyl groups excluding tert-OH is 1. The number of rotatable bonds is 4. The summed E-state index contributed by atoms with van der Waals surface area (Å²) in [5.41, 5.74) is 3.25. The number of aliphatic hydroxyl groups is 1. The summed E-state index contributed by atoms with van der Waals surface area (Å²) >= 11 is 0. The molecule has 19 heavy (non-hydrogen) atoms. The summed E-state index contributed by atoms with van der Waals surface area (Å²) in [5, 5.41) is 10.6. The molecule has 106 valence electrons. The van der Waals surface area contributed by atoms with E-state index in [1.165, 1.54) is 16.7 Å². The lowest BCUT2D eigenvalue weighted by atomic mass is 9.83. The van der Waals surface area contributed by atoms with E-state index in [1.54, 1.807) is 7.11 Å². The zero-order valence-electron chi connectivity index (χ0n) is 12.1. The van der Waals surface area contributed by atoms with E-state index in [2.05, 4.69) is 32.0 Å². The van der Waals surface area contributed by atoms with Gasteiger partial charge in [-0.15, -0.1) is 0 Å². The van der Waals surface area contributed by atoms with Gasteiger partial charge < -0.3 is 14.6 Å². The first-order valence-corrected chi connectivity index (χ1v) is 6.95. The number of hydrogen-bond acceptors (Lipinski definition) is 3. The van der Waals surface area contributed by atoms with Gasteiger partial charge in [-0.3, -0.25) is 0 Å². The molecule has 1 aromatic rings. The first-order valence-electron chi connectivity index (χ1n) is 6.95. The molecule has 1 aromatic carbocycles. The van der Waals surface area contributed by atoms with Crippen molar-refractivity contribution in [1.82, 2.24) is 0 Å². The maximum absolute atomic E-state index is 10.6. The van der Waals surface area contributed by atoms with Crippen molar-refractivity contribution in [2.75, 3.05) is 20.3 Å². The predicted octanol–water partition coefficient (Wildman–Crippen LogP) is 2.40. The van der Waals surface area contributed by atoms with Gasteiger partial charge in [-0.2, -0.15) is 0 Å². The average molecular weight is 264 g/mol. The molecule has 3 heteroatoms. The fraction of sp³-hybridized carbons (Fsp3) is 0.625. The van der Waals surface area contributed by atoms with Gasteiger partial charge in [0.15, 0.2) is 0 Å². The topological polar surface area (TPSA) is 38.7 Å². The quantitative estimate of drug-likeness (QED) is 0.907. The van der Waals surface area contributed by atoms with Crippen molar-refractivity contribution in [3.05, 3.63) is 34.9 Å². The molecular formula is C16H24O3. The van der Waals surface area contributed by atoms with Crippen LogP contribution in [0, 0.1) is 13.8 Å².